The lowest BCUT2D eigenvalue weighted by Crippen LogP contribution is -2.37. The molecule has 1 aliphatic rings. The van der Waals surface area contributed by atoms with Crippen molar-refractivity contribution in [2.24, 2.45) is 5.92 Å². The molecule has 3 N–H and O–H groups in total. The van der Waals surface area contributed by atoms with Gasteiger partial charge < -0.3 is 11.1 Å². The van der Waals surface area contributed by atoms with Crippen LogP contribution in [0.15, 0.2) is 18.2 Å². The summed E-state index contributed by atoms with van der Waals surface area (Å²) in [6, 6.07) is 6.47. The number of aryl methyl sites for hydroxylation is 1. The van der Waals surface area contributed by atoms with Crippen LogP contribution in [-0.2, 0) is 0 Å². The molecule has 1 heterocycles. The minimum Gasteiger partial charge on any atom is -0.397 e. The molecule has 1 saturated carbocycles. The van der Waals surface area contributed by atoms with Crippen LogP contribution in [0.1, 0.15) is 47.8 Å². The summed E-state index contributed by atoms with van der Waals surface area (Å²) in [4.78, 5) is 13.2. The van der Waals surface area contributed by atoms with Crippen LogP contribution in [0.4, 0.5) is 5.69 Å². The molecule has 1 aliphatic carbocycles. The normalized spacial score (nSPS) is 22.4. The third-order valence-corrected chi connectivity index (χ3v) is 5.62. The minimum absolute atomic E-state index is 0.00842. The van der Waals surface area contributed by atoms with Gasteiger partial charge in [-0.15, -0.1) is 11.3 Å². The fourth-order valence-electron chi connectivity index (χ4n) is 3.05. The second-order valence-electron chi connectivity index (χ2n) is 6.27. The van der Waals surface area contributed by atoms with E-state index in [1.807, 2.05) is 13.0 Å². The predicted octanol–water partition coefficient (Wildman–Crippen LogP) is 4.10. The highest BCUT2D eigenvalue weighted by molar-refractivity contribution is 7.21. The van der Waals surface area contributed by atoms with Crippen molar-refractivity contribution in [3.63, 3.8) is 0 Å². The highest BCUT2D eigenvalue weighted by Gasteiger charge is 2.23. The topological polar surface area (TPSA) is 55.1 Å². The van der Waals surface area contributed by atoms with Gasteiger partial charge in [0.1, 0.15) is 4.88 Å². The van der Waals surface area contributed by atoms with Gasteiger partial charge in [0, 0.05) is 16.1 Å². The summed E-state index contributed by atoms with van der Waals surface area (Å²) in [5.41, 5.74) is 7.98. The SMILES string of the molecule is Cc1ccc2sc(C(=O)NC3CCC(C)CC3)c(N)c2c1. The molecule has 0 unspecified atom stereocenters. The first kappa shape index (κ1) is 14.4. The molecule has 0 radical (unpaired) electrons. The maximum atomic E-state index is 12.5. The molecule has 3 nitrogen and oxygen atoms in total. The van der Waals surface area contributed by atoms with Crippen molar-refractivity contribution < 1.29 is 4.79 Å². The summed E-state index contributed by atoms with van der Waals surface area (Å²) in [6.45, 7) is 4.32. The average Bonchev–Trinajstić information content (AvgIpc) is 2.79. The molecule has 0 atom stereocenters. The molecule has 0 spiro atoms. The summed E-state index contributed by atoms with van der Waals surface area (Å²) in [5, 5.41) is 4.17. The van der Waals surface area contributed by atoms with Crippen LogP contribution in [0.2, 0.25) is 0 Å². The number of hydrogen-bond donors (Lipinski definition) is 2. The van der Waals surface area contributed by atoms with Gasteiger partial charge in [-0.3, -0.25) is 4.79 Å². The van der Waals surface area contributed by atoms with Crippen LogP contribution in [0.3, 0.4) is 0 Å². The van der Waals surface area contributed by atoms with Crippen molar-refractivity contribution in [1.82, 2.24) is 5.32 Å². The Morgan fingerprint density at radius 3 is 2.71 bits per heavy atom. The van der Waals surface area contributed by atoms with Crippen LogP contribution in [0, 0.1) is 12.8 Å². The van der Waals surface area contributed by atoms with Crippen molar-refractivity contribution in [3.05, 3.63) is 28.6 Å². The number of carbonyl (C=O) groups excluding carboxylic acids is 1. The van der Waals surface area contributed by atoms with E-state index in [9.17, 15) is 4.79 Å². The van der Waals surface area contributed by atoms with Crippen molar-refractivity contribution >= 4 is 33.0 Å². The highest BCUT2D eigenvalue weighted by atomic mass is 32.1. The molecular formula is C17H22N2OS. The van der Waals surface area contributed by atoms with Gasteiger partial charge in [-0.2, -0.15) is 0 Å². The molecule has 0 bridgehead atoms. The summed E-state index contributed by atoms with van der Waals surface area (Å²) in [7, 11) is 0. The molecule has 0 aliphatic heterocycles. The number of thiophene rings is 1. The van der Waals surface area contributed by atoms with Gasteiger partial charge in [-0.05, 0) is 50.7 Å². The quantitative estimate of drug-likeness (QED) is 0.877. The Bertz CT molecular complexity index is 669. The molecule has 3 rings (SSSR count). The Morgan fingerprint density at radius 1 is 1.29 bits per heavy atom. The molecule has 1 amide bonds. The first-order chi connectivity index (χ1) is 10.0. The van der Waals surface area contributed by atoms with Gasteiger partial charge >= 0.3 is 0 Å². The molecule has 2 aromatic rings. The van der Waals surface area contributed by atoms with Crippen LogP contribution in [0.25, 0.3) is 10.1 Å². The first-order valence-corrected chi connectivity index (χ1v) is 8.45. The smallest absolute Gasteiger partial charge is 0.263 e. The van der Waals surface area contributed by atoms with E-state index in [0.29, 0.717) is 16.6 Å². The van der Waals surface area contributed by atoms with Crippen molar-refractivity contribution in [3.8, 4) is 0 Å². The highest BCUT2D eigenvalue weighted by Crippen LogP contribution is 2.34. The minimum atomic E-state index is -0.00842. The van der Waals surface area contributed by atoms with Crippen molar-refractivity contribution in [1.29, 1.82) is 0 Å². The van der Waals surface area contributed by atoms with E-state index in [2.05, 4.69) is 24.4 Å². The third kappa shape index (κ3) is 2.91. The molecular weight excluding hydrogens is 280 g/mol. The number of amides is 1. The van der Waals surface area contributed by atoms with Crippen LogP contribution in [-0.4, -0.2) is 11.9 Å². The number of anilines is 1. The van der Waals surface area contributed by atoms with Gasteiger partial charge in [0.15, 0.2) is 0 Å². The van der Waals surface area contributed by atoms with E-state index in [1.54, 1.807) is 0 Å². The fraction of sp³-hybridized carbons (Fsp3) is 0.471. The molecule has 21 heavy (non-hydrogen) atoms. The Morgan fingerprint density at radius 2 is 2.00 bits per heavy atom. The van der Waals surface area contributed by atoms with E-state index in [0.717, 1.165) is 28.8 Å². The lowest BCUT2D eigenvalue weighted by Gasteiger charge is -2.26. The van der Waals surface area contributed by atoms with Gasteiger partial charge in [0.25, 0.3) is 5.91 Å². The number of rotatable bonds is 2. The maximum Gasteiger partial charge on any atom is 0.263 e. The number of fused-ring (bicyclic) bond motifs is 1. The van der Waals surface area contributed by atoms with Gasteiger partial charge in [-0.25, -0.2) is 0 Å². The number of nitrogen functional groups attached to an aromatic ring is 1. The fourth-order valence-corrected chi connectivity index (χ4v) is 4.06. The largest absolute Gasteiger partial charge is 0.397 e. The Balaban J connectivity index is 1.80. The number of nitrogens with one attached hydrogen (secondary N) is 1. The number of nitrogens with two attached hydrogens (primary N) is 1. The zero-order valence-electron chi connectivity index (χ0n) is 12.6. The van der Waals surface area contributed by atoms with E-state index in [4.69, 9.17) is 5.73 Å². The molecule has 1 aromatic heterocycles. The van der Waals surface area contributed by atoms with Crippen LogP contribution < -0.4 is 11.1 Å². The molecule has 1 aromatic carbocycles. The third-order valence-electron chi connectivity index (χ3n) is 4.44. The number of hydrogen-bond acceptors (Lipinski definition) is 3. The van der Waals surface area contributed by atoms with Crippen molar-refractivity contribution in [2.45, 2.75) is 45.6 Å². The number of carbonyl (C=O) groups is 1. The van der Waals surface area contributed by atoms with Gasteiger partial charge in [0.05, 0.1) is 5.69 Å². The molecule has 0 saturated heterocycles. The summed E-state index contributed by atoms with van der Waals surface area (Å²) < 4.78 is 1.08. The maximum absolute atomic E-state index is 12.5. The molecule has 112 valence electrons. The van der Waals surface area contributed by atoms with Crippen LogP contribution in [0.5, 0.6) is 0 Å². The summed E-state index contributed by atoms with van der Waals surface area (Å²) >= 11 is 1.49. The van der Waals surface area contributed by atoms with Crippen molar-refractivity contribution in [2.75, 3.05) is 5.73 Å². The monoisotopic (exact) mass is 302 g/mol. The van der Waals surface area contributed by atoms with Crippen LogP contribution >= 0.6 is 11.3 Å². The van der Waals surface area contributed by atoms with E-state index < -0.39 is 0 Å². The second kappa shape index (κ2) is 5.68. The Kier molecular flexibility index (Phi) is 3.89. The Labute approximate surface area is 129 Å². The summed E-state index contributed by atoms with van der Waals surface area (Å²) in [6.07, 6.45) is 4.56. The Hall–Kier alpha value is -1.55. The molecule has 1 fully saturated rings. The van der Waals surface area contributed by atoms with E-state index >= 15 is 0 Å². The number of benzene rings is 1. The van der Waals surface area contributed by atoms with Gasteiger partial charge in [-0.1, -0.05) is 18.6 Å². The first-order valence-electron chi connectivity index (χ1n) is 7.64. The second-order valence-corrected chi connectivity index (χ2v) is 7.33. The average molecular weight is 302 g/mol. The van der Waals surface area contributed by atoms with Gasteiger partial charge in [0.2, 0.25) is 0 Å². The standard InChI is InChI=1S/C17H22N2OS/c1-10-3-6-12(7-4-10)19-17(20)16-15(18)13-9-11(2)5-8-14(13)21-16/h5,8-10,12H,3-4,6-7,18H2,1-2H3,(H,19,20). The van der Waals surface area contributed by atoms with E-state index in [1.165, 1.54) is 29.7 Å². The van der Waals surface area contributed by atoms with E-state index in [-0.39, 0.29) is 5.91 Å². The zero-order valence-corrected chi connectivity index (χ0v) is 13.4. The zero-order chi connectivity index (χ0) is 15.0. The molecule has 4 heteroatoms. The lowest BCUT2D eigenvalue weighted by atomic mass is 9.87. The summed E-state index contributed by atoms with van der Waals surface area (Å²) in [5.74, 6) is 0.779. The lowest BCUT2D eigenvalue weighted by molar-refractivity contribution is 0.0928. The predicted molar refractivity (Wildman–Crippen MR) is 89.9 cm³/mol.